The molecule has 4 rings (SSSR count). The first-order valence-electron chi connectivity index (χ1n) is 12.2. The molecule has 0 bridgehead atoms. The molecule has 1 aromatic heterocycles. The van der Waals surface area contributed by atoms with E-state index in [1.165, 1.54) is 0 Å². The summed E-state index contributed by atoms with van der Waals surface area (Å²) in [6.07, 6.45) is 11.7. The van der Waals surface area contributed by atoms with Crippen LogP contribution in [0.4, 0.5) is 0 Å². The third-order valence-electron chi connectivity index (χ3n) is 7.24. The molecular formula is C24H35N5O3. The molecule has 0 unspecified atom stereocenters. The lowest BCUT2D eigenvalue weighted by Gasteiger charge is -2.43. The largest absolute Gasteiger partial charge is 0.341 e. The van der Waals surface area contributed by atoms with Crippen molar-refractivity contribution in [3.8, 4) is 0 Å². The van der Waals surface area contributed by atoms with Crippen LogP contribution in [0.1, 0.15) is 74.0 Å². The van der Waals surface area contributed by atoms with Crippen LogP contribution in [0.15, 0.2) is 12.4 Å². The van der Waals surface area contributed by atoms with Gasteiger partial charge in [-0.3, -0.25) is 19.4 Å². The minimum Gasteiger partial charge on any atom is -0.341 e. The lowest BCUT2D eigenvalue weighted by molar-refractivity contribution is -0.141. The first-order chi connectivity index (χ1) is 15.5. The predicted octanol–water partition coefficient (Wildman–Crippen LogP) is 2.42. The van der Waals surface area contributed by atoms with Gasteiger partial charge in [0.15, 0.2) is 0 Å². The highest BCUT2D eigenvalue weighted by molar-refractivity contribution is 5.92. The number of rotatable bonds is 4. The molecule has 32 heavy (non-hydrogen) atoms. The zero-order valence-electron chi connectivity index (χ0n) is 19.2. The molecule has 3 saturated heterocycles. The summed E-state index contributed by atoms with van der Waals surface area (Å²) in [5.41, 5.74) is 1.22. The summed E-state index contributed by atoms with van der Waals surface area (Å²) in [5, 5.41) is 0. The maximum atomic E-state index is 13.1. The van der Waals surface area contributed by atoms with Crippen molar-refractivity contribution in [1.29, 1.82) is 0 Å². The van der Waals surface area contributed by atoms with E-state index in [0.717, 1.165) is 63.6 Å². The van der Waals surface area contributed by atoms with E-state index in [4.69, 9.17) is 0 Å². The standard InChI is InChI=1S/C24H35N5O3/c1-18-15-26-20(16-25-18)24(32)29-12-6-4-7-21(29)19-9-13-27(14-10-19)23(31)17-28-11-5-2-3-8-22(28)30/h15-16,19,21H,2-14,17H2,1H3/t21-/m0/s1. The highest BCUT2D eigenvalue weighted by Gasteiger charge is 2.36. The topological polar surface area (TPSA) is 86.7 Å². The van der Waals surface area contributed by atoms with Crippen molar-refractivity contribution in [3.05, 3.63) is 23.8 Å². The maximum Gasteiger partial charge on any atom is 0.274 e. The van der Waals surface area contributed by atoms with E-state index in [1.54, 1.807) is 17.3 Å². The maximum absolute atomic E-state index is 13.1. The number of carbonyl (C=O) groups is 3. The van der Waals surface area contributed by atoms with Gasteiger partial charge in [0.1, 0.15) is 5.69 Å². The molecule has 8 nitrogen and oxygen atoms in total. The molecule has 4 heterocycles. The van der Waals surface area contributed by atoms with Gasteiger partial charge >= 0.3 is 0 Å². The van der Waals surface area contributed by atoms with Gasteiger partial charge in [-0.05, 0) is 57.8 Å². The fraction of sp³-hybridized carbons (Fsp3) is 0.708. The van der Waals surface area contributed by atoms with Crippen molar-refractivity contribution < 1.29 is 14.4 Å². The Balaban J connectivity index is 1.33. The van der Waals surface area contributed by atoms with Gasteiger partial charge in [-0.15, -0.1) is 0 Å². The Kier molecular flexibility index (Phi) is 7.37. The van der Waals surface area contributed by atoms with E-state index in [2.05, 4.69) is 9.97 Å². The Labute approximate surface area is 190 Å². The summed E-state index contributed by atoms with van der Waals surface area (Å²) < 4.78 is 0. The third-order valence-corrected chi connectivity index (χ3v) is 7.24. The van der Waals surface area contributed by atoms with Crippen molar-refractivity contribution in [3.63, 3.8) is 0 Å². The number of piperidine rings is 2. The molecule has 8 heteroatoms. The summed E-state index contributed by atoms with van der Waals surface area (Å²) in [5.74, 6) is 0.536. The molecule has 0 aromatic carbocycles. The fourth-order valence-electron chi connectivity index (χ4n) is 5.35. The number of hydrogen-bond donors (Lipinski definition) is 0. The SMILES string of the molecule is Cc1cnc(C(=O)N2CCCC[C@H]2C2CCN(C(=O)CN3CCCCCC3=O)CC2)cn1. The average molecular weight is 442 g/mol. The van der Waals surface area contributed by atoms with Gasteiger partial charge in [-0.1, -0.05) is 6.42 Å². The summed E-state index contributed by atoms with van der Waals surface area (Å²) in [6, 6.07) is 0.198. The van der Waals surface area contributed by atoms with E-state index >= 15 is 0 Å². The number of amides is 3. The lowest BCUT2D eigenvalue weighted by atomic mass is 9.83. The van der Waals surface area contributed by atoms with Gasteiger partial charge in [0.2, 0.25) is 11.8 Å². The quantitative estimate of drug-likeness (QED) is 0.716. The summed E-state index contributed by atoms with van der Waals surface area (Å²) in [7, 11) is 0. The highest BCUT2D eigenvalue weighted by atomic mass is 16.2. The Morgan fingerprint density at radius 2 is 1.72 bits per heavy atom. The minimum atomic E-state index is -0.0274. The molecule has 0 aliphatic carbocycles. The van der Waals surface area contributed by atoms with Gasteiger partial charge < -0.3 is 14.7 Å². The van der Waals surface area contributed by atoms with Crippen LogP contribution in [0, 0.1) is 12.8 Å². The van der Waals surface area contributed by atoms with Crippen LogP contribution in [0.25, 0.3) is 0 Å². The molecule has 3 aliphatic heterocycles. The number of likely N-dealkylation sites (tertiary alicyclic amines) is 3. The highest BCUT2D eigenvalue weighted by Crippen LogP contribution is 2.31. The van der Waals surface area contributed by atoms with E-state index in [9.17, 15) is 14.4 Å². The van der Waals surface area contributed by atoms with Gasteiger partial charge in [-0.25, -0.2) is 4.98 Å². The Bertz CT molecular complexity index is 819. The van der Waals surface area contributed by atoms with Crippen molar-refractivity contribution >= 4 is 17.7 Å². The molecule has 0 N–H and O–H groups in total. The molecular weight excluding hydrogens is 406 g/mol. The lowest BCUT2D eigenvalue weighted by Crippen LogP contribution is -2.52. The molecule has 3 fully saturated rings. The van der Waals surface area contributed by atoms with Crippen LogP contribution in [0.2, 0.25) is 0 Å². The van der Waals surface area contributed by atoms with Gasteiger partial charge in [0.25, 0.3) is 5.91 Å². The Hall–Kier alpha value is -2.51. The average Bonchev–Trinajstić information content (AvgIpc) is 3.03. The summed E-state index contributed by atoms with van der Waals surface area (Å²) >= 11 is 0. The van der Waals surface area contributed by atoms with Crippen molar-refractivity contribution in [2.45, 2.75) is 70.8 Å². The van der Waals surface area contributed by atoms with Crippen LogP contribution in [-0.4, -0.2) is 81.2 Å². The zero-order chi connectivity index (χ0) is 22.5. The Morgan fingerprint density at radius 1 is 0.938 bits per heavy atom. The molecule has 0 radical (unpaired) electrons. The first kappa shape index (κ1) is 22.7. The first-order valence-corrected chi connectivity index (χ1v) is 12.2. The van der Waals surface area contributed by atoms with Gasteiger partial charge in [0, 0.05) is 44.8 Å². The van der Waals surface area contributed by atoms with Crippen LogP contribution in [0.5, 0.6) is 0 Å². The molecule has 3 aliphatic rings. The van der Waals surface area contributed by atoms with Crippen molar-refractivity contribution in [2.75, 3.05) is 32.7 Å². The monoisotopic (exact) mass is 441 g/mol. The summed E-state index contributed by atoms with van der Waals surface area (Å²) in [4.78, 5) is 52.4. The second kappa shape index (κ2) is 10.4. The molecule has 0 saturated carbocycles. The van der Waals surface area contributed by atoms with E-state index in [-0.39, 0.29) is 30.3 Å². The third kappa shape index (κ3) is 5.27. The zero-order valence-corrected chi connectivity index (χ0v) is 19.2. The molecule has 0 spiro atoms. The van der Waals surface area contributed by atoms with Crippen molar-refractivity contribution in [1.82, 2.24) is 24.7 Å². The van der Waals surface area contributed by atoms with E-state index < -0.39 is 0 Å². The smallest absolute Gasteiger partial charge is 0.274 e. The van der Waals surface area contributed by atoms with E-state index in [1.807, 2.05) is 16.7 Å². The molecule has 1 atom stereocenters. The minimum absolute atomic E-state index is 0.0274. The van der Waals surface area contributed by atoms with Crippen LogP contribution >= 0.6 is 0 Å². The van der Waals surface area contributed by atoms with Crippen LogP contribution in [0.3, 0.4) is 0 Å². The number of nitrogens with zero attached hydrogens (tertiary/aromatic N) is 5. The fourth-order valence-corrected chi connectivity index (χ4v) is 5.35. The van der Waals surface area contributed by atoms with Crippen molar-refractivity contribution in [2.24, 2.45) is 5.92 Å². The summed E-state index contributed by atoms with van der Waals surface area (Å²) in [6.45, 7) is 4.94. The second-order valence-corrected chi connectivity index (χ2v) is 9.45. The molecule has 1 aromatic rings. The predicted molar refractivity (Wildman–Crippen MR) is 120 cm³/mol. The number of aromatic nitrogens is 2. The van der Waals surface area contributed by atoms with Gasteiger partial charge in [-0.2, -0.15) is 0 Å². The van der Waals surface area contributed by atoms with E-state index in [0.29, 0.717) is 37.7 Å². The molecule has 174 valence electrons. The Morgan fingerprint density at radius 3 is 2.47 bits per heavy atom. The molecule has 3 amide bonds. The van der Waals surface area contributed by atoms with Crippen LogP contribution in [-0.2, 0) is 9.59 Å². The number of hydrogen-bond acceptors (Lipinski definition) is 5. The second-order valence-electron chi connectivity index (χ2n) is 9.45. The number of carbonyl (C=O) groups excluding carboxylic acids is 3. The normalized spacial score (nSPS) is 23.2. The van der Waals surface area contributed by atoms with Crippen LogP contribution < -0.4 is 0 Å². The number of aryl methyl sites for hydroxylation is 1. The van der Waals surface area contributed by atoms with Gasteiger partial charge in [0.05, 0.1) is 18.4 Å².